The lowest BCUT2D eigenvalue weighted by molar-refractivity contribution is -0.131. The largest absolute Gasteiger partial charge is 0.478 e. The highest BCUT2D eigenvalue weighted by Gasteiger charge is 1.94. The average molecular weight is 220 g/mol. The molecule has 0 heterocycles. The summed E-state index contributed by atoms with van der Waals surface area (Å²) in [5.74, 6) is -0.893. The van der Waals surface area contributed by atoms with Gasteiger partial charge >= 0.3 is 5.97 Å². The molecule has 0 amide bonds. The molecule has 0 unspecified atom stereocenters. The zero-order valence-electron chi connectivity index (χ0n) is 9.35. The Morgan fingerprint density at radius 3 is 2.50 bits per heavy atom. The third kappa shape index (κ3) is 4.75. The Kier molecular flexibility index (Phi) is 5.29. The van der Waals surface area contributed by atoms with E-state index in [1.165, 1.54) is 11.6 Å². The van der Waals surface area contributed by atoms with Crippen LogP contribution in [0.1, 0.15) is 17.5 Å². The number of carboxylic acid groups (broad SMARTS) is 1. The lowest BCUT2D eigenvalue weighted by Crippen LogP contribution is -1.90. The molecule has 0 radical (unpaired) electrons. The molecule has 1 rings (SSSR count). The van der Waals surface area contributed by atoms with E-state index in [0.717, 1.165) is 18.4 Å². The van der Waals surface area contributed by atoms with E-state index in [1.807, 2.05) is 24.3 Å². The molecule has 16 heavy (non-hydrogen) atoms. The molecule has 0 saturated carbocycles. The van der Waals surface area contributed by atoms with Crippen LogP contribution in [-0.4, -0.2) is 18.2 Å². The van der Waals surface area contributed by atoms with Gasteiger partial charge in [0.15, 0.2) is 0 Å². The fourth-order valence-corrected chi connectivity index (χ4v) is 1.40. The van der Waals surface area contributed by atoms with Gasteiger partial charge in [0.05, 0.1) is 6.61 Å². The normalized spacial score (nSPS) is 10.8. The summed E-state index contributed by atoms with van der Waals surface area (Å²) < 4.78 is 5.02. The van der Waals surface area contributed by atoms with E-state index in [2.05, 4.69) is 0 Å². The molecule has 0 atom stereocenters. The second-order valence-corrected chi connectivity index (χ2v) is 3.53. The molecule has 1 N–H and O–H groups in total. The van der Waals surface area contributed by atoms with Crippen molar-refractivity contribution in [3.63, 3.8) is 0 Å². The second-order valence-electron chi connectivity index (χ2n) is 3.53. The number of benzene rings is 1. The molecule has 0 aliphatic heterocycles. The van der Waals surface area contributed by atoms with Gasteiger partial charge in [-0.2, -0.15) is 0 Å². The fourth-order valence-electron chi connectivity index (χ4n) is 1.40. The minimum absolute atomic E-state index is 0.624. The summed E-state index contributed by atoms with van der Waals surface area (Å²) in [7, 11) is 1.67. The molecular formula is C13H16O3. The van der Waals surface area contributed by atoms with E-state index >= 15 is 0 Å². The molecule has 0 aromatic heterocycles. The summed E-state index contributed by atoms with van der Waals surface area (Å²) in [6, 6.07) is 8.14. The number of rotatable bonds is 6. The second kappa shape index (κ2) is 6.80. The predicted octanol–water partition coefficient (Wildman–Crippen LogP) is 2.41. The Morgan fingerprint density at radius 2 is 1.94 bits per heavy atom. The third-order valence-corrected chi connectivity index (χ3v) is 2.19. The van der Waals surface area contributed by atoms with Crippen molar-refractivity contribution in [2.24, 2.45) is 0 Å². The van der Waals surface area contributed by atoms with Crippen LogP contribution in [0.2, 0.25) is 0 Å². The van der Waals surface area contributed by atoms with Crippen LogP contribution in [0.5, 0.6) is 0 Å². The van der Waals surface area contributed by atoms with Crippen LogP contribution in [-0.2, 0) is 22.6 Å². The van der Waals surface area contributed by atoms with E-state index in [0.29, 0.717) is 6.61 Å². The van der Waals surface area contributed by atoms with Gasteiger partial charge in [-0.15, -0.1) is 0 Å². The maximum atomic E-state index is 10.2. The van der Waals surface area contributed by atoms with E-state index in [4.69, 9.17) is 9.84 Å². The number of carboxylic acids is 1. The first-order valence-corrected chi connectivity index (χ1v) is 5.18. The molecule has 0 saturated heterocycles. The standard InChI is InChI=1S/C13H16O3/c1-16-10-12-8-6-11(7-9-12)4-2-3-5-13(14)15/h3,5-9H,2,4,10H2,1H3,(H,14,15)/b5-3+. The number of ether oxygens (including phenoxy) is 1. The zero-order chi connectivity index (χ0) is 11.8. The van der Waals surface area contributed by atoms with Crippen molar-refractivity contribution in [1.82, 2.24) is 0 Å². The highest BCUT2D eigenvalue weighted by Crippen LogP contribution is 2.07. The van der Waals surface area contributed by atoms with Crippen LogP contribution < -0.4 is 0 Å². The van der Waals surface area contributed by atoms with Crippen LogP contribution in [0.3, 0.4) is 0 Å². The quantitative estimate of drug-likeness (QED) is 0.749. The minimum Gasteiger partial charge on any atom is -0.478 e. The lowest BCUT2D eigenvalue weighted by atomic mass is 10.1. The van der Waals surface area contributed by atoms with Crippen molar-refractivity contribution >= 4 is 5.97 Å². The number of carbonyl (C=O) groups is 1. The number of allylic oxidation sites excluding steroid dienone is 1. The Bertz CT molecular complexity index is 352. The zero-order valence-corrected chi connectivity index (χ0v) is 9.35. The van der Waals surface area contributed by atoms with Crippen molar-refractivity contribution in [3.05, 3.63) is 47.5 Å². The number of hydrogen-bond acceptors (Lipinski definition) is 2. The molecule has 0 fully saturated rings. The molecule has 86 valence electrons. The summed E-state index contributed by atoms with van der Waals surface area (Å²) in [4.78, 5) is 10.2. The fraction of sp³-hybridized carbons (Fsp3) is 0.308. The van der Waals surface area contributed by atoms with Crippen LogP contribution in [0.25, 0.3) is 0 Å². The van der Waals surface area contributed by atoms with Gasteiger partial charge in [-0.05, 0) is 24.0 Å². The first-order chi connectivity index (χ1) is 7.72. The molecule has 0 aliphatic rings. The number of hydrogen-bond donors (Lipinski definition) is 1. The van der Waals surface area contributed by atoms with Gasteiger partial charge in [0.2, 0.25) is 0 Å². The highest BCUT2D eigenvalue weighted by molar-refractivity contribution is 5.79. The molecule has 3 heteroatoms. The van der Waals surface area contributed by atoms with Gasteiger partial charge in [0, 0.05) is 13.2 Å². The van der Waals surface area contributed by atoms with E-state index < -0.39 is 5.97 Å². The smallest absolute Gasteiger partial charge is 0.327 e. The van der Waals surface area contributed by atoms with Crippen LogP contribution in [0.15, 0.2) is 36.4 Å². The summed E-state index contributed by atoms with van der Waals surface area (Å²) in [5, 5.41) is 8.41. The Morgan fingerprint density at radius 1 is 1.31 bits per heavy atom. The topological polar surface area (TPSA) is 46.5 Å². The van der Waals surface area contributed by atoms with Gasteiger partial charge in [0.25, 0.3) is 0 Å². The molecule has 1 aromatic carbocycles. The molecule has 1 aromatic rings. The van der Waals surface area contributed by atoms with Gasteiger partial charge in [-0.25, -0.2) is 4.79 Å². The minimum atomic E-state index is -0.893. The van der Waals surface area contributed by atoms with Gasteiger partial charge in [0.1, 0.15) is 0 Å². The van der Waals surface area contributed by atoms with Crippen molar-refractivity contribution in [2.45, 2.75) is 19.4 Å². The summed E-state index contributed by atoms with van der Waals surface area (Å²) in [6.07, 6.45) is 4.46. The number of aliphatic carboxylic acids is 1. The number of methoxy groups -OCH3 is 1. The van der Waals surface area contributed by atoms with Crippen LogP contribution in [0.4, 0.5) is 0 Å². The van der Waals surface area contributed by atoms with E-state index in [1.54, 1.807) is 13.2 Å². The SMILES string of the molecule is COCc1ccc(CC/C=C/C(=O)O)cc1. The average Bonchev–Trinajstić information content (AvgIpc) is 2.27. The Balaban J connectivity index is 2.40. The van der Waals surface area contributed by atoms with Gasteiger partial charge in [-0.3, -0.25) is 0 Å². The Labute approximate surface area is 95.4 Å². The number of aryl methyl sites for hydroxylation is 1. The Hall–Kier alpha value is -1.61. The third-order valence-electron chi connectivity index (χ3n) is 2.19. The first kappa shape index (κ1) is 12.5. The molecule has 0 spiro atoms. The predicted molar refractivity (Wildman–Crippen MR) is 62.3 cm³/mol. The molecule has 3 nitrogen and oxygen atoms in total. The summed E-state index contributed by atoms with van der Waals surface area (Å²) >= 11 is 0. The van der Waals surface area contributed by atoms with E-state index in [9.17, 15) is 4.79 Å². The van der Waals surface area contributed by atoms with Crippen molar-refractivity contribution in [3.8, 4) is 0 Å². The summed E-state index contributed by atoms with van der Waals surface area (Å²) in [6.45, 7) is 0.624. The maximum absolute atomic E-state index is 10.2. The maximum Gasteiger partial charge on any atom is 0.327 e. The van der Waals surface area contributed by atoms with Crippen LogP contribution in [0, 0.1) is 0 Å². The van der Waals surface area contributed by atoms with Crippen LogP contribution >= 0.6 is 0 Å². The summed E-state index contributed by atoms with van der Waals surface area (Å²) in [5.41, 5.74) is 2.35. The molecular weight excluding hydrogens is 204 g/mol. The van der Waals surface area contributed by atoms with Crippen molar-refractivity contribution in [1.29, 1.82) is 0 Å². The van der Waals surface area contributed by atoms with Gasteiger partial charge in [-0.1, -0.05) is 30.3 Å². The van der Waals surface area contributed by atoms with E-state index in [-0.39, 0.29) is 0 Å². The van der Waals surface area contributed by atoms with Gasteiger partial charge < -0.3 is 9.84 Å². The molecule has 0 bridgehead atoms. The first-order valence-electron chi connectivity index (χ1n) is 5.18. The monoisotopic (exact) mass is 220 g/mol. The highest BCUT2D eigenvalue weighted by atomic mass is 16.5. The lowest BCUT2D eigenvalue weighted by Gasteiger charge is -2.01. The van der Waals surface area contributed by atoms with Crippen molar-refractivity contribution in [2.75, 3.05) is 7.11 Å². The molecule has 0 aliphatic carbocycles. The van der Waals surface area contributed by atoms with Crippen molar-refractivity contribution < 1.29 is 14.6 Å².